The first-order chi connectivity index (χ1) is 14.3. The number of primary amides is 1. The predicted octanol–water partition coefficient (Wildman–Crippen LogP) is 2.98. The number of imidazole rings is 1. The van der Waals surface area contributed by atoms with Crippen LogP contribution in [0.3, 0.4) is 0 Å². The van der Waals surface area contributed by atoms with Gasteiger partial charge in [0.1, 0.15) is 11.6 Å². The lowest BCUT2D eigenvalue weighted by Crippen LogP contribution is -2.34. The Morgan fingerprint density at radius 2 is 2.10 bits per heavy atom. The number of hydrogen-bond acceptors (Lipinski definition) is 5. The third-order valence-electron chi connectivity index (χ3n) is 5.67. The van der Waals surface area contributed by atoms with Crippen molar-refractivity contribution in [3.05, 3.63) is 51.8 Å². The van der Waals surface area contributed by atoms with Gasteiger partial charge in [0.2, 0.25) is 0 Å². The number of carbonyl (C=O) groups excluding carboxylic acids is 1. The summed E-state index contributed by atoms with van der Waals surface area (Å²) in [6.07, 6.45) is 2.90. The van der Waals surface area contributed by atoms with Crippen LogP contribution in [0.4, 0.5) is 15.9 Å². The lowest BCUT2D eigenvalue weighted by atomic mass is 9.81. The molecule has 0 unspecified atom stereocenters. The van der Waals surface area contributed by atoms with Gasteiger partial charge >= 0.3 is 5.69 Å². The van der Waals surface area contributed by atoms with Crippen molar-refractivity contribution in [3.63, 3.8) is 0 Å². The number of nitrogens with zero attached hydrogens (tertiary/aromatic N) is 4. The molecule has 2 aromatic heterocycles. The Balaban J connectivity index is 1.75. The van der Waals surface area contributed by atoms with E-state index in [0.29, 0.717) is 47.5 Å². The number of benzene rings is 1. The SMILES string of the molecule is CCn1c(=O)n(C2CC(C#N)C2)c2cc(Nc3cc(F)c(C(N)=O)cc3C)ncc21. The zero-order valence-electron chi connectivity index (χ0n) is 16.6. The zero-order valence-corrected chi connectivity index (χ0v) is 16.6. The van der Waals surface area contributed by atoms with Crippen molar-refractivity contribution < 1.29 is 9.18 Å². The molecule has 4 rings (SSSR count). The second kappa shape index (κ2) is 7.30. The van der Waals surface area contributed by atoms with E-state index in [1.54, 1.807) is 28.3 Å². The summed E-state index contributed by atoms with van der Waals surface area (Å²) >= 11 is 0. The fourth-order valence-electron chi connectivity index (χ4n) is 3.95. The summed E-state index contributed by atoms with van der Waals surface area (Å²) in [6, 6.07) is 6.56. The second-order valence-electron chi connectivity index (χ2n) is 7.54. The minimum atomic E-state index is -0.831. The number of anilines is 2. The van der Waals surface area contributed by atoms with E-state index in [2.05, 4.69) is 16.4 Å². The van der Waals surface area contributed by atoms with E-state index in [1.165, 1.54) is 12.1 Å². The van der Waals surface area contributed by atoms with E-state index < -0.39 is 11.7 Å². The molecule has 3 aromatic rings. The van der Waals surface area contributed by atoms with Crippen LogP contribution in [-0.4, -0.2) is 20.0 Å². The number of fused-ring (bicyclic) bond motifs is 1. The molecule has 0 bridgehead atoms. The van der Waals surface area contributed by atoms with Gasteiger partial charge in [0.25, 0.3) is 5.91 Å². The second-order valence-corrected chi connectivity index (χ2v) is 7.54. The number of aryl methyl sites for hydroxylation is 2. The maximum absolute atomic E-state index is 14.2. The molecule has 2 heterocycles. The molecule has 1 aliphatic carbocycles. The third kappa shape index (κ3) is 3.10. The zero-order chi connectivity index (χ0) is 21.6. The van der Waals surface area contributed by atoms with Crippen molar-refractivity contribution in [1.29, 1.82) is 5.26 Å². The highest BCUT2D eigenvalue weighted by Gasteiger charge is 2.33. The minimum absolute atomic E-state index is 0.0262. The summed E-state index contributed by atoms with van der Waals surface area (Å²) in [4.78, 5) is 28.6. The Kier molecular flexibility index (Phi) is 4.78. The Bertz CT molecular complexity index is 1260. The molecular weight excluding hydrogens is 387 g/mol. The Morgan fingerprint density at radius 1 is 1.37 bits per heavy atom. The Morgan fingerprint density at radius 3 is 2.73 bits per heavy atom. The maximum Gasteiger partial charge on any atom is 0.329 e. The first-order valence-corrected chi connectivity index (χ1v) is 9.71. The smallest absolute Gasteiger partial charge is 0.329 e. The van der Waals surface area contributed by atoms with Crippen LogP contribution in [0.15, 0.2) is 29.2 Å². The fourth-order valence-corrected chi connectivity index (χ4v) is 3.95. The number of halogens is 1. The minimum Gasteiger partial charge on any atom is -0.366 e. The molecule has 1 fully saturated rings. The van der Waals surface area contributed by atoms with Gasteiger partial charge in [-0.1, -0.05) is 0 Å². The highest BCUT2D eigenvalue weighted by Crippen LogP contribution is 2.38. The first-order valence-electron chi connectivity index (χ1n) is 9.71. The van der Waals surface area contributed by atoms with Crippen LogP contribution in [0.2, 0.25) is 0 Å². The van der Waals surface area contributed by atoms with Crippen LogP contribution in [0.25, 0.3) is 11.0 Å². The maximum atomic E-state index is 14.2. The summed E-state index contributed by atoms with van der Waals surface area (Å²) in [5, 5.41) is 12.1. The number of nitrogens with one attached hydrogen (secondary N) is 1. The van der Waals surface area contributed by atoms with Gasteiger partial charge in [0.15, 0.2) is 0 Å². The van der Waals surface area contributed by atoms with Gasteiger partial charge < -0.3 is 11.1 Å². The van der Waals surface area contributed by atoms with Crippen molar-refractivity contribution in [2.75, 3.05) is 5.32 Å². The summed E-state index contributed by atoms with van der Waals surface area (Å²) < 4.78 is 17.6. The van der Waals surface area contributed by atoms with Crippen LogP contribution in [0, 0.1) is 30.0 Å². The van der Waals surface area contributed by atoms with E-state index in [1.807, 2.05) is 6.92 Å². The standard InChI is InChI=1S/C21H21FN6O2/c1-3-27-18-10-25-19(26-16-7-15(22)14(20(24)29)4-11(16)2)8-17(18)28(21(27)30)13-5-12(6-13)9-23/h4,7-8,10,12-13H,3,5-6H2,1-2H3,(H2,24,29)(H,25,26). The number of pyridine rings is 1. The Hall–Kier alpha value is -3.67. The first kappa shape index (κ1) is 19.6. The molecular formula is C21H21FN6O2. The van der Waals surface area contributed by atoms with Gasteiger partial charge in [-0.15, -0.1) is 0 Å². The molecule has 1 amide bonds. The quantitative estimate of drug-likeness (QED) is 0.673. The average molecular weight is 408 g/mol. The van der Waals surface area contributed by atoms with Crippen molar-refractivity contribution >= 4 is 28.4 Å². The van der Waals surface area contributed by atoms with Gasteiger partial charge in [-0.2, -0.15) is 5.26 Å². The molecule has 0 aliphatic heterocycles. The fraction of sp³-hybridized carbons (Fsp3) is 0.333. The molecule has 1 aliphatic rings. The number of nitriles is 1. The molecule has 3 N–H and O–H groups in total. The highest BCUT2D eigenvalue weighted by atomic mass is 19.1. The molecule has 1 aromatic carbocycles. The number of rotatable bonds is 5. The van der Waals surface area contributed by atoms with Gasteiger partial charge in [0.05, 0.1) is 34.8 Å². The van der Waals surface area contributed by atoms with Crippen LogP contribution in [-0.2, 0) is 6.54 Å². The molecule has 0 radical (unpaired) electrons. The monoisotopic (exact) mass is 408 g/mol. The van der Waals surface area contributed by atoms with Crippen molar-refractivity contribution in [1.82, 2.24) is 14.1 Å². The van der Waals surface area contributed by atoms with Gasteiger partial charge in [-0.3, -0.25) is 13.9 Å². The predicted molar refractivity (Wildman–Crippen MR) is 110 cm³/mol. The van der Waals surface area contributed by atoms with Gasteiger partial charge in [-0.05, 0) is 44.4 Å². The summed E-state index contributed by atoms with van der Waals surface area (Å²) in [5.41, 5.74) is 7.40. The van der Waals surface area contributed by atoms with Crippen molar-refractivity contribution in [3.8, 4) is 6.07 Å². The topological polar surface area (TPSA) is 119 Å². The molecule has 0 saturated heterocycles. The molecule has 0 atom stereocenters. The largest absolute Gasteiger partial charge is 0.366 e. The van der Waals surface area contributed by atoms with Crippen molar-refractivity contribution in [2.45, 2.75) is 39.3 Å². The van der Waals surface area contributed by atoms with Gasteiger partial charge in [0, 0.05) is 24.3 Å². The van der Waals surface area contributed by atoms with Crippen molar-refractivity contribution in [2.24, 2.45) is 11.7 Å². The van der Waals surface area contributed by atoms with Crippen LogP contribution in [0.1, 0.15) is 41.7 Å². The average Bonchev–Trinajstić information content (AvgIpc) is 2.94. The number of hydrogen-bond donors (Lipinski definition) is 2. The summed E-state index contributed by atoms with van der Waals surface area (Å²) in [5.74, 6) is -1.14. The summed E-state index contributed by atoms with van der Waals surface area (Å²) in [7, 11) is 0. The molecule has 0 spiro atoms. The molecule has 1 saturated carbocycles. The molecule has 9 heteroatoms. The van der Waals surface area contributed by atoms with E-state index in [4.69, 9.17) is 11.0 Å². The lowest BCUT2D eigenvalue weighted by Gasteiger charge is -2.31. The summed E-state index contributed by atoms with van der Waals surface area (Å²) in [6.45, 7) is 4.12. The molecule has 30 heavy (non-hydrogen) atoms. The number of aromatic nitrogens is 3. The van der Waals surface area contributed by atoms with Gasteiger partial charge in [-0.25, -0.2) is 14.2 Å². The lowest BCUT2D eigenvalue weighted by molar-refractivity contribution is 0.0996. The van der Waals surface area contributed by atoms with Crippen LogP contribution >= 0.6 is 0 Å². The van der Waals surface area contributed by atoms with Crippen LogP contribution in [0.5, 0.6) is 0 Å². The number of amides is 1. The number of nitrogens with two attached hydrogens (primary N) is 1. The normalized spacial score (nSPS) is 18.1. The van der Waals surface area contributed by atoms with E-state index in [0.717, 1.165) is 0 Å². The molecule has 154 valence electrons. The van der Waals surface area contributed by atoms with E-state index >= 15 is 0 Å². The third-order valence-corrected chi connectivity index (χ3v) is 5.67. The Labute approximate surface area is 171 Å². The van der Waals surface area contributed by atoms with Crippen LogP contribution < -0.4 is 16.7 Å². The number of carbonyl (C=O) groups is 1. The van der Waals surface area contributed by atoms with E-state index in [9.17, 15) is 14.0 Å². The highest BCUT2D eigenvalue weighted by molar-refractivity contribution is 5.94. The van der Waals surface area contributed by atoms with E-state index in [-0.39, 0.29) is 23.2 Å². The molecule has 8 nitrogen and oxygen atoms in total.